The molecule has 1 aromatic carbocycles. The van der Waals surface area contributed by atoms with Crippen LogP contribution in [0.2, 0.25) is 0 Å². The summed E-state index contributed by atoms with van der Waals surface area (Å²) in [5.74, 6) is -0.102. The van der Waals surface area contributed by atoms with Crippen molar-refractivity contribution in [3.8, 4) is 11.1 Å². The number of nitrogens with zero attached hydrogens (tertiary/aromatic N) is 3. The SMILES string of the molecule is N[C@@H](Cc1cnccc1NC(=O)C1CC1)C(=O)C1=NCCCc2ccc(-c3cccnc3)cc21. The minimum absolute atomic E-state index is 0.0114. The van der Waals surface area contributed by atoms with E-state index in [1.54, 1.807) is 24.7 Å². The lowest BCUT2D eigenvalue weighted by Crippen LogP contribution is -2.38. The van der Waals surface area contributed by atoms with Gasteiger partial charge in [-0.1, -0.05) is 18.2 Å². The molecule has 3 N–H and O–H groups in total. The van der Waals surface area contributed by atoms with Gasteiger partial charge in [-0.15, -0.1) is 0 Å². The Morgan fingerprint density at radius 3 is 2.71 bits per heavy atom. The number of fused-ring (bicyclic) bond motifs is 1. The lowest BCUT2D eigenvalue weighted by Gasteiger charge is -2.17. The molecule has 1 saturated carbocycles. The molecule has 0 unspecified atom stereocenters. The average Bonchev–Trinajstić information content (AvgIpc) is 3.72. The molecule has 1 fully saturated rings. The number of nitrogens with two attached hydrogens (primary N) is 1. The molecule has 0 spiro atoms. The summed E-state index contributed by atoms with van der Waals surface area (Å²) >= 11 is 0. The molecule has 7 nitrogen and oxygen atoms in total. The molecule has 1 atom stereocenters. The summed E-state index contributed by atoms with van der Waals surface area (Å²) in [6.07, 6.45) is 10.7. The largest absolute Gasteiger partial charge is 0.325 e. The first kappa shape index (κ1) is 22.1. The maximum absolute atomic E-state index is 13.5. The quantitative estimate of drug-likeness (QED) is 0.570. The van der Waals surface area contributed by atoms with E-state index in [0.717, 1.165) is 53.5 Å². The first-order valence-electron chi connectivity index (χ1n) is 11.7. The van der Waals surface area contributed by atoms with E-state index in [2.05, 4.69) is 32.4 Å². The van der Waals surface area contributed by atoms with Crippen LogP contribution in [0.1, 0.15) is 36.0 Å². The number of aromatic nitrogens is 2. The molecule has 5 rings (SSSR count). The second-order valence-electron chi connectivity index (χ2n) is 8.92. The highest BCUT2D eigenvalue weighted by Crippen LogP contribution is 2.31. The predicted molar refractivity (Wildman–Crippen MR) is 132 cm³/mol. The molecule has 0 radical (unpaired) electrons. The van der Waals surface area contributed by atoms with Crippen LogP contribution in [0, 0.1) is 5.92 Å². The van der Waals surface area contributed by atoms with Crippen LogP contribution < -0.4 is 11.1 Å². The molecule has 2 aliphatic rings. The van der Waals surface area contributed by atoms with Gasteiger partial charge >= 0.3 is 0 Å². The van der Waals surface area contributed by atoms with Gasteiger partial charge < -0.3 is 11.1 Å². The standard InChI is InChI=1S/C27H27N5O2/c28-23(14-21-16-30-12-9-24(21)32-27(34)18-6-7-18)26(33)25-22-13-19(20-4-1-10-29-15-20)8-5-17(22)3-2-11-31-25/h1,4-5,8-10,12-13,15-16,18,23H,2-3,6-7,11,14,28H2,(H,30,32,34)/t23-/m0/s1. The lowest BCUT2D eigenvalue weighted by atomic mass is 9.91. The molecule has 7 heteroatoms. The molecule has 0 bridgehead atoms. The molecule has 1 aliphatic heterocycles. The van der Waals surface area contributed by atoms with Gasteiger partial charge in [0.2, 0.25) is 5.91 Å². The number of ketones is 1. The van der Waals surface area contributed by atoms with E-state index in [0.29, 0.717) is 17.9 Å². The van der Waals surface area contributed by atoms with E-state index in [-0.39, 0.29) is 24.0 Å². The van der Waals surface area contributed by atoms with Crippen LogP contribution in [0.3, 0.4) is 0 Å². The van der Waals surface area contributed by atoms with Gasteiger partial charge in [0.1, 0.15) is 5.71 Å². The van der Waals surface area contributed by atoms with Crippen molar-refractivity contribution < 1.29 is 9.59 Å². The van der Waals surface area contributed by atoms with Gasteiger partial charge in [0.25, 0.3) is 0 Å². The Bertz CT molecular complexity index is 1250. The van der Waals surface area contributed by atoms with Gasteiger partial charge in [-0.2, -0.15) is 0 Å². The van der Waals surface area contributed by atoms with Crippen LogP contribution >= 0.6 is 0 Å². The number of benzene rings is 1. The van der Waals surface area contributed by atoms with Gasteiger partial charge in [-0.3, -0.25) is 24.5 Å². The second kappa shape index (κ2) is 9.65. The number of carbonyl (C=O) groups excluding carboxylic acids is 2. The zero-order chi connectivity index (χ0) is 23.5. The number of nitrogens with one attached hydrogen (secondary N) is 1. The third kappa shape index (κ3) is 4.79. The molecule has 1 amide bonds. The highest BCUT2D eigenvalue weighted by atomic mass is 16.2. The third-order valence-corrected chi connectivity index (χ3v) is 6.35. The summed E-state index contributed by atoms with van der Waals surface area (Å²) in [5, 5.41) is 2.97. The van der Waals surface area contributed by atoms with E-state index in [4.69, 9.17) is 5.73 Å². The maximum atomic E-state index is 13.5. The summed E-state index contributed by atoms with van der Waals surface area (Å²) < 4.78 is 0. The number of amides is 1. The molecule has 3 heterocycles. The van der Waals surface area contributed by atoms with E-state index < -0.39 is 6.04 Å². The number of hydrogen-bond acceptors (Lipinski definition) is 6. The molecular weight excluding hydrogens is 426 g/mol. The Morgan fingerprint density at radius 2 is 1.91 bits per heavy atom. The molecule has 2 aromatic heterocycles. The smallest absolute Gasteiger partial charge is 0.227 e. The maximum Gasteiger partial charge on any atom is 0.227 e. The Labute approximate surface area is 198 Å². The molecular formula is C27H27N5O2. The summed E-state index contributed by atoms with van der Waals surface area (Å²) in [7, 11) is 0. The van der Waals surface area contributed by atoms with E-state index in [9.17, 15) is 9.59 Å². The molecule has 34 heavy (non-hydrogen) atoms. The van der Waals surface area contributed by atoms with Crippen molar-refractivity contribution in [2.45, 2.75) is 38.1 Å². The van der Waals surface area contributed by atoms with Crippen LogP contribution in [0.5, 0.6) is 0 Å². The number of rotatable bonds is 7. The van der Waals surface area contributed by atoms with Crippen LogP contribution in [0.25, 0.3) is 11.1 Å². The van der Waals surface area contributed by atoms with Crippen molar-refractivity contribution in [3.05, 3.63) is 77.9 Å². The van der Waals surface area contributed by atoms with Gasteiger partial charge in [-0.05, 0) is 67.0 Å². The topological polar surface area (TPSA) is 110 Å². The van der Waals surface area contributed by atoms with Gasteiger partial charge in [0.05, 0.1) is 6.04 Å². The monoisotopic (exact) mass is 453 g/mol. The number of hydrogen-bond donors (Lipinski definition) is 2. The third-order valence-electron chi connectivity index (χ3n) is 6.35. The van der Waals surface area contributed by atoms with Crippen molar-refractivity contribution in [1.29, 1.82) is 0 Å². The van der Waals surface area contributed by atoms with Crippen molar-refractivity contribution >= 4 is 23.1 Å². The minimum Gasteiger partial charge on any atom is -0.325 e. The number of carbonyl (C=O) groups is 2. The Morgan fingerprint density at radius 1 is 1.06 bits per heavy atom. The van der Waals surface area contributed by atoms with Crippen molar-refractivity contribution in [2.24, 2.45) is 16.6 Å². The van der Waals surface area contributed by atoms with Crippen molar-refractivity contribution in [1.82, 2.24) is 9.97 Å². The number of aryl methyl sites for hydroxylation is 1. The normalized spacial score (nSPS) is 16.1. The van der Waals surface area contributed by atoms with Crippen LogP contribution in [0.4, 0.5) is 5.69 Å². The number of aliphatic imine (C=N–C) groups is 1. The first-order valence-corrected chi connectivity index (χ1v) is 11.7. The number of pyridine rings is 2. The van der Waals surface area contributed by atoms with Crippen LogP contribution in [-0.4, -0.2) is 40.0 Å². The summed E-state index contributed by atoms with van der Waals surface area (Å²) in [5.41, 5.74) is 12.2. The fraction of sp³-hybridized carbons (Fsp3) is 0.296. The highest BCUT2D eigenvalue weighted by molar-refractivity contribution is 6.48. The first-order chi connectivity index (χ1) is 16.6. The molecule has 3 aromatic rings. The summed E-state index contributed by atoms with van der Waals surface area (Å²) in [6.45, 7) is 0.584. The van der Waals surface area contributed by atoms with Crippen LogP contribution in [-0.2, 0) is 22.4 Å². The van der Waals surface area contributed by atoms with Gasteiger partial charge in [0.15, 0.2) is 5.78 Å². The van der Waals surface area contributed by atoms with Crippen LogP contribution in [0.15, 0.2) is 66.2 Å². The van der Waals surface area contributed by atoms with Crippen molar-refractivity contribution in [3.63, 3.8) is 0 Å². The van der Waals surface area contributed by atoms with E-state index in [1.165, 1.54) is 0 Å². The van der Waals surface area contributed by atoms with E-state index >= 15 is 0 Å². The Balaban J connectivity index is 1.40. The number of anilines is 1. The summed E-state index contributed by atoms with van der Waals surface area (Å²) in [4.78, 5) is 38.8. The molecule has 1 aliphatic carbocycles. The summed E-state index contributed by atoms with van der Waals surface area (Å²) in [6, 6.07) is 11.0. The average molecular weight is 454 g/mol. The minimum atomic E-state index is -0.799. The predicted octanol–water partition coefficient (Wildman–Crippen LogP) is 3.37. The fourth-order valence-electron chi connectivity index (χ4n) is 4.28. The lowest BCUT2D eigenvalue weighted by molar-refractivity contribution is -0.117. The van der Waals surface area contributed by atoms with Crippen molar-refractivity contribution in [2.75, 3.05) is 11.9 Å². The Hall–Kier alpha value is -3.71. The van der Waals surface area contributed by atoms with E-state index in [1.807, 2.05) is 24.4 Å². The Kier molecular flexibility index (Phi) is 6.27. The zero-order valence-corrected chi connectivity index (χ0v) is 18.9. The molecule has 172 valence electrons. The highest BCUT2D eigenvalue weighted by Gasteiger charge is 2.30. The van der Waals surface area contributed by atoms with Gasteiger partial charge in [-0.25, -0.2) is 0 Å². The fourth-order valence-corrected chi connectivity index (χ4v) is 4.28. The zero-order valence-electron chi connectivity index (χ0n) is 18.9. The molecule has 0 saturated heterocycles. The second-order valence-corrected chi connectivity index (χ2v) is 8.92. The number of Topliss-reactive ketones (excluding diaryl/α,β-unsaturated/α-hetero) is 1. The van der Waals surface area contributed by atoms with Gasteiger partial charge in [0, 0.05) is 54.1 Å².